The van der Waals surface area contributed by atoms with Gasteiger partial charge in [-0.15, -0.1) is 0 Å². The first-order chi connectivity index (χ1) is 21.3. The first kappa shape index (κ1) is 39.9. The number of ether oxygens (including phenoxy) is 2. The number of hydrogen-bond donors (Lipinski definition) is 6. The van der Waals surface area contributed by atoms with Crippen LogP contribution in [0.25, 0.3) is 0 Å². The van der Waals surface area contributed by atoms with E-state index < -0.39 is 49.5 Å². The molecule has 44 heavy (non-hydrogen) atoms. The highest BCUT2D eigenvalue weighted by atomic mass is 16.7. The molecule has 1 aliphatic rings. The van der Waals surface area contributed by atoms with Crippen molar-refractivity contribution in [2.45, 2.75) is 140 Å². The standard InChI is InChI=1S/C35H59NO8/c1-3-5-7-9-11-13-14-15-16-17-19-21-23-25-31(39)36-28(29(38)24-22-20-18-12-10-8-6-4-2)27-43-35-34(42)33(41)32(40)30(26-37)44-35/h5,7,11,13,15-16,19,21-22,24,28-30,32-35,37-38,40-42H,3-4,6,8-10,12,14,17-18,20,23,25-27H2,1-2H3,(H,36,39)/b7-5-,13-11-,16-15-,21-19-,24-22+. The molecular formula is C35H59NO8. The van der Waals surface area contributed by atoms with Gasteiger partial charge in [-0.3, -0.25) is 4.79 Å². The smallest absolute Gasteiger partial charge is 0.220 e. The predicted molar refractivity (Wildman–Crippen MR) is 175 cm³/mol. The maximum atomic E-state index is 12.7. The number of carbonyl (C=O) groups is 1. The minimum absolute atomic E-state index is 0.221. The molecule has 0 aromatic carbocycles. The van der Waals surface area contributed by atoms with Crippen molar-refractivity contribution < 1.29 is 39.8 Å². The highest BCUT2D eigenvalue weighted by Crippen LogP contribution is 2.22. The van der Waals surface area contributed by atoms with Crippen molar-refractivity contribution in [3.05, 3.63) is 60.8 Å². The van der Waals surface area contributed by atoms with Gasteiger partial charge >= 0.3 is 0 Å². The Morgan fingerprint density at radius 1 is 0.795 bits per heavy atom. The van der Waals surface area contributed by atoms with Crippen LogP contribution in [0.1, 0.15) is 97.3 Å². The topological polar surface area (TPSA) is 149 Å². The van der Waals surface area contributed by atoms with Crippen LogP contribution >= 0.6 is 0 Å². The van der Waals surface area contributed by atoms with Gasteiger partial charge in [0.05, 0.1) is 25.4 Å². The molecule has 7 unspecified atom stereocenters. The van der Waals surface area contributed by atoms with Gasteiger partial charge in [0.2, 0.25) is 5.91 Å². The summed E-state index contributed by atoms with van der Waals surface area (Å²) < 4.78 is 11.0. The molecule has 9 nitrogen and oxygen atoms in total. The minimum atomic E-state index is -1.58. The number of nitrogens with one attached hydrogen (secondary N) is 1. The van der Waals surface area contributed by atoms with E-state index in [2.05, 4.69) is 55.6 Å². The Labute approximate surface area is 265 Å². The molecule has 6 N–H and O–H groups in total. The van der Waals surface area contributed by atoms with Gasteiger partial charge in [0.25, 0.3) is 0 Å². The Morgan fingerprint density at radius 3 is 2.05 bits per heavy atom. The van der Waals surface area contributed by atoms with Crippen molar-refractivity contribution in [2.24, 2.45) is 0 Å². The van der Waals surface area contributed by atoms with E-state index in [1.807, 2.05) is 18.2 Å². The van der Waals surface area contributed by atoms with Gasteiger partial charge in [-0.25, -0.2) is 0 Å². The molecule has 0 saturated carbocycles. The summed E-state index contributed by atoms with van der Waals surface area (Å²) in [5.74, 6) is -0.266. The summed E-state index contributed by atoms with van der Waals surface area (Å²) >= 11 is 0. The van der Waals surface area contributed by atoms with Crippen LogP contribution in [-0.4, -0.2) is 87.5 Å². The SMILES string of the molecule is CC/C=C\C/C=C\C/C=C\C/C=C\CCC(=O)NC(COC1OC(CO)C(O)C(O)C1O)C(O)/C=C/CCCCCCCC. The summed E-state index contributed by atoms with van der Waals surface area (Å²) in [6, 6.07) is -0.840. The zero-order chi connectivity index (χ0) is 32.4. The molecule has 7 atom stereocenters. The number of amides is 1. The number of rotatable bonds is 24. The van der Waals surface area contributed by atoms with E-state index in [9.17, 15) is 30.3 Å². The van der Waals surface area contributed by atoms with Crippen LogP contribution in [0, 0.1) is 0 Å². The first-order valence-electron chi connectivity index (χ1n) is 16.5. The Morgan fingerprint density at radius 2 is 1.41 bits per heavy atom. The minimum Gasteiger partial charge on any atom is -0.394 e. The second-order valence-corrected chi connectivity index (χ2v) is 11.2. The molecule has 1 heterocycles. The Hall–Kier alpha value is -2.11. The summed E-state index contributed by atoms with van der Waals surface area (Å²) in [5, 5.41) is 53.5. The van der Waals surface area contributed by atoms with Crippen molar-refractivity contribution in [3.8, 4) is 0 Å². The lowest BCUT2D eigenvalue weighted by atomic mass is 9.99. The molecule has 0 radical (unpaired) electrons. The average Bonchev–Trinajstić information content (AvgIpc) is 3.02. The van der Waals surface area contributed by atoms with E-state index in [0.29, 0.717) is 6.42 Å². The third-order valence-electron chi connectivity index (χ3n) is 7.36. The first-order valence-corrected chi connectivity index (χ1v) is 16.5. The molecule has 9 heteroatoms. The second-order valence-electron chi connectivity index (χ2n) is 11.2. The molecule has 0 bridgehead atoms. The van der Waals surface area contributed by atoms with Crippen molar-refractivity contribution in [2.75, 3.05) is 13.2 Å². The fraction of sp³-hybridized carbons (Fsp3) is 0.686. The van der Waals surface area contributed by atoms with Gasteiger partial charge in [0.1, 0.15) is 24.4 Å². The van der Waals surface area contributed by atoms with Crippen LogP contribution in [-0.2, 0) is 14.3 Å². The highest BCUT2D eigenvalue weighted by Gasteiger charge is 2.44. The molecule has 0 aromatic rings. The lowest BCUT2D eigenvalue weighted by Crippen LogP contribution is -2.60. The predicted octanol–water partition coefficient (Wildman–Crippen LogP) is 4.54. The quantitative estimate of drug-likeness (QED) is 0.0680. The monoisotopic (exact) mass is 621 g/mol. The van der Waals surface area contributed by atoms with Crippen LogP contribution in [0.5, 0.6) is 0 Å². The van der Waals surface area contributed by atoms with Gasteiger partial charge < -0.3 is 40.3 Å². The van der Waals surface area contributed by atoms with Gasteiger partial charge in [-0.05, 0) is 44.9 Å². The van der Waals surface area contributed by atoms with Crippen molar-refractivity contribution in [1.82, 2.24) is 5.32 Å². The molecule has 1 saturated heterocycles. The number of aliphatic hydroxyl groups is 5. The van der Waals surface area contributed by atoms with E-state index in [1.165, 1.54) is 25.7 Å². The lowest BCUT2D eigenvalue weighted by Gasteiger charge is -2.40. The number of allylic oxidation sites excluding steroid dienone is 9. The molecule has 1 amide bonds. The third-order valence-corrected chi connectivity index (χ3v) is 7.36. The van der Waals surface area contributed by atoms with Crippen LogP contribution in [0.3, 0.4) is 0 Å². The maximum absolute atomic E-state index is 12.7. The largest absolute Gasteiger partial charge is 0.394 e. The third kappa shape index (κ3) is 18.0. The van der Waals surface area contributed by atoms with Crippen molar-refractivity contribution >= 4 is 5.91 Å². The molecular weight excluding hydrogens is 562 g/mol. The molecule has 1 fully saturated rings. The summed E-state index contributed by atoms with van der Waals surface area (Å²) in [7, 11) is 0. The Bertz CT molecular complexity index is 869. The van der Waals surface area contributed by atoms with E-state index in [1.54, 1.807) is 6.08 Å². The lowest BCUT2D eigenvalue weighted by molar-refractivity contribution is -0.302. The van der Waals surface area contributed by atoms with Crippen molar-refractivity contribution in [1.29, 1.82) is 0 Å². The molecule has 252 valence electrons. The molecule has 0 aliphatic carbocycles. The Balaban J connectivity index is 2.59. The van der Waals surface area contributed by atoms with E-state index in [4.69, 9.17) is 9.47 Å². The summed E-state index contributed by atoms with van der Waals surface area (Å²) in [5.41, 5.74) is 0. The van der Waals surface area contributed by atoms with E-state index in [-0.39, 0.29) is 18.9 Å². The number of carbonyl (C=O) groups excluding carboxylic acids is 1. The van der Waals surface area contributed by atoms with Gasteiger partial charge in [0.15, 0.2) is 6.29 Å². The van der Waals surface area contributed by atoms with Gasteiger partial charge in [-0.1, -0.05) is 107 Å². The highest BCUT2D eigenvalue weighted by molar-refractivity contribution is 5.76. The van der Waals surface area contributed by atoms with E-state index in [0.717, 1.165) is 44.9 Å². The summed E-state index contributed by atoms with van der Waals surface area (Å²) in [6.45, 7) is 3.51. The van der Waals surface area contributed by atoms with Crippen LogP contribution in [0.2, 0.25) is 0 Å². The zero-order valence-corrected chi connectivity index (χ0v) is 26.9. The van der Waals surface area contributed by atoms with Crippen LogP contribution in [0.4, 0.5) is 0 Å². The molecule has 0 spiro atoms. The number of unbranched alkanes of at least 4 members (excludes halogenated alkanes) is 6. The summed E-state index contributed by atoms with van der Waals surface area (Å²) in [6.07, 6.45) is 24.4. The number of aliphatic hydroxyl groups excluding tert-OH is 5. The zero-order valence-electron chi connectivity index (χ0n) is 26.9. The second kappa shape index (κ2) is 26.1. The van der Waals surface area contributed by atoms with Crippen molar-refractivity contribution in [3.63, 3.8) is 0 Å². The fourth-order valence-electron chi connectivity index (χ4n) is 4.63. The summed E-state index contributed by atoms with van der Waals surface area (Å²) in [4.78, 5) is 12.7. The number of hydrogen-bond acceptors (Lipinski definition) is 8. The molecule has 1 rings (SSSR count). The van der Waals surface area contributed by atoms with Crippen LogP contribution < -0.4 is 5.32 Å². The average molecular weight is 622 g/mol. The Kier molecular flexibility index (Phi) is 23.7. The van der Waals surface area contributed by atoms with Gasteiger partial charge in [-0.2, -0.15) is 0 Å². The fourth-order valence-corrected chi connectivity index (χ4v) is 4.63. The normalized spacial score (nSPS) is 24.4. The molecule has 1 aliphatic heterocycles. The maximum Gasteiger partial charge on any atom is 0.220 e. The van der Waals surface area contributed by atoms with E-state index >= 15 is 0 Å². The molecule has 0 aromatic heterocycles. The van der Waals surface area contributed by atoms with Crippen LogP contribution in [0.15, 0.2) is 60.8 Å². The van der Waals surface area contributed by atoms with Gasteiger partial charge in [0, 0.05) is 6.42 Å².